The van der Waals surface area contributed by atoms with E-state index in [-0.39, 0.29) is 18.1 Å². The number of anilines is 2. The zero-order chi connectivity index (χ0) is 27.2. The Kier molecular flexibility index (Phi) is 9.22. The fourth-order valence-electron chi connectivity index (χ4n) is 5.11. The molecule has 1 aliphatic heterocycles. The first-order valence-corrected chi connectivity index (χ1v) is 14.1. The van der Waals surface area contributed by atoms with Crippen LogP contribution in [0.15, 0.2) is 60.7 Å². The van der Waals surface area contributed by atoms with E-state index in [0.29, 0.717) is 22.9 Å². The molecular formula is C32H39ClN2O3. The van der Waals surface area contributed by atoms with E-state index in [1.165, 1.54) is 5.69 Å². The Morgan fingerprint density at radius 2 is 1.63 bits per heavy atom. The van der Waals surface area contributed by atoms with Crippen LogP contribution in [0.25, 0.3) is 0 Å². The lowest BCUT2D eigenvalue weighted by Crippen LogP contribution is -2.41. The maximum absolute atomic E-state index is 13.8. The van der Waals surface area contributed by atoms with Crippen molar-refractivity contribution in [2.45, 2.75) is 65.5 Å². The molecule has 202 valence electrons. The Balaban J connectivity index is 1.82. The molecule has 5 nitrogen and oxygen atoms in total. The van der Waals surface area contributed by atoms with Crippen LogP contribution in [0.3, 0.4) is 0 Å². The number of halogens is 1. The molecular weight excluding hydrogens is 496 g/mol. The van der Waals surface area contributed by atoms with Gasteiger partial charge in [0.2, 0.25) is 5.91 Å². The van der Waals surface area contributed by atoms with Crippen molar-refractivity contribution >= 4 is 28.9 Å². The van der Waals surface area contributed by atoms with Crippen LogP contribution < -0.4 is 19.3 Å². The van der Waals surface area contributed by atoms with Gasteiger partial charge in [-0.25, -0.2) is 0 Å². The van der Waals surface area contributed by atoms with Crippen molar-refractivity contribution in [2.75, 3.05) is 30.0 Å². The van der Waals surface area contributed by atoms with Crippen LogP contribution in [0, 0.1) is 0 Å². The van der Waals surface area contributed by atoms with Gasteiger partial charge >= 0.3 is 0 Å². The van der Waals surface area contributed by atoms with Crippen LogP contribution in [-0.4, -0.2) is 32.2 Å². The van der Waals surface area contributed by atoms with Crippen LogP contribution in [0.4, 0.5) is 11.4 Å². The summed E-state index contributed by atoms with van der Waals surface area (Å²) in [5.74, 6) is 1.39. The van der Waals surface area contributed by atoms with Crippen molar-refractivity contribution in [1.29, 1.82) is 0 Å². The van der Waals surface area contributed by atoms with Gasteiger partial charge in [0.25, 0.3) is 0 Å². The average Bonchev–Trinajstić information content (AvgIpc) is 2.92. The number of amides is 1. The van der Waals surface area contributed by atoms with Crippen molar-refractivity contribution in [3.05, 3.63) is 82.4 Å². The summed E-state index contributed by atoms with van der Waals surface area (Å²) in [4.78, 5) is 18.1. The molecule has 3 aromatic carbocycles. The molecule has 3 aromatic rings. The van der Waals surface area contributed by atoms with E-state index in [9.17, 15) is 4.79 Å². The van der Waals surface area contributed by atoms with Crippen molar-refractivity contribution in [3.63, 3.8) is 0 Å². The van der Waals surface area contributed by atoms with Gasteiger partial charge in [-0.3, -0.25) is 4.79 Å². The van der Waals surface area contributed by atoms with E-state index in [0.717, 1.165) is 54.7 Å². The highest BCUT2D eigenvalue weighted by Gasteiger charge is 2.36. The lowest BCUT2D eigenvalue weighted by molar-refractivity contribution is -0.118. The van der Waals surface area contributed by atoms with Crippen molar-refractivity contribution in [3.8, 4) is 11.5 Å². The fraction of sp³-hybridized carbons (Fsp3) is 0.406. The van der Waals surface area contributed by atoms with Crippen molar-refractivity contribution in [1.82, 2.24) is 0 Å². The topological polar surface area (TPSA) is 42.0 Å². The second-order valence-corrected chi connectivity index (χ2v) is 10.4. The number of methoxy groups -OCH3 is 1. The third kappa shape index (κ3) is 5.94. The molecule has 6 heteroatoms. The minimum Gasteiger partial charge on any atom is -0.493 e. The molecule has 0 saturated carbocycles. The van der Waals surface area contributed by atoms with Gasteiger partial charge < -0.3 is 19.3 Å². The summed E-state index contributed by atoms with van der Waals surface area (Å²) in [6.07, 6.45) is 3.39. The molecule has 1 aliphatic rings. The van der Waals surface area contributed by atoms with Gasteiger partial charge in [0.15, 0.2) is 11.5 Å². The summed E-state index contributed by atoms with van der Waals surface area (Å²) >= 11 is 6.25. The predicted octanol–water partition coefficient (Wildman–Crippen LogP) is 7.83. The molecule has 0 N–H and O–H groups in total. The molecule has 0 saturated heterocycles. The molecule has 1 amide bonds. The van der Waals surface area contributed by atoms with Gasteiger partial charge in [0, 0.05) is 29.5 Å². The molecule has 0 radical (unpaired) electrons. The van der Waals surface area contributed by atoms with E-state index in [2.05, 4.69) is 56.0 Å². The van der Waals surface area contributed by atoms with E-state index in [4.69, 9.17) is 21.1 Å². The maximum atomic E-state index is 13.8. The lowest BCUT2D eigenvalue weighted by Gasteiger charge is -2.38. The number of carbonyl (C=O) groups is 1. The van der Waals surface area contributed by atoms with Crippen LogP contribution >= 0.6 is 11.6 Å². The monoisotopic (exact) mass is 534 g/mol. The maximum Gasteiger partial charge on any atom is 0.232 e. The second kappa shape index (κ2) is 12.6. The van der Waals surface area contributed by atoms with Gasteiger partial charge in [-0.1, -0.05) is 44.5 Å². The Hall–Kier alpha value is -3.18. The predicted molar refractivity (Wildman–Crippen MR) is 157 cm³/mol. The first-order chi connectivity index (χ1) is 18.4. The standard InChI is InChI=1S/C32H39ClN2O3/c1-6-17-34(18-7-2)26-13-15-27(16-14-26)35-31(36)20-24-19-29(37-5)30(38-22(4)8-3)21-28(24)32(35)23-9-11-25(33)12-10-23/h9-16,19,21-22,32H,6-8,17-18,20H2,1-5H3/t22-,32?/m1/s1. The normalized spacial score (nSPS) is 15.7. The number of benzene rings is 3. The highest BCUT2D eigenvalue weighted by Crippen LogP contribution is 2.44. The second-order valence-electron chi connectivity index (χ2n) is 9.94. The Morgan fingerprint density at radius 1 is 0.974 bits per heavy atom. The highest BCUT2D eigenvalue weighted by molar-refractivity contribution is 6.30. The first-order valence-electron chi connectivity index (χ1n) is 13.7. The van der Waals surface area contributed by atoms with Crippen LogP contribution in [0.1, 0.15) is 69.7 Å². The number of fused-ring (bicyclic) bond motifs is 1. The number of carbonyl (C=O) groups excluding carboxylic acids is 1. The third-order valence-electron chi connectivity index (χ3n) is 7.16. The summed E-state index contributed by atoms with van der Waals surface area (Å²) in [5.41, 5.74) is 5.03. The molecule has 0 aromatic heterocycles. The molecule has 38 heavy (non-hydrogen) atoms. The van der Waals surface area contributed by atoms with Gasteiger partial charge in [-0.15, -0.1) is 0 Å². The smallest absolute Gasteiger partial charge is 0.232 e. The Labute approximate surface area is 232 Å². The molecule has 1 heterocycles. The fourth-order valence-corrected chi connectivity index (χ4v) is 5.23. The molecule has 2 atom stereocenters. The lowest BCUT2D eigenvalue weighted by atomic mass is 9.86. The van der Waals surface area contributed by atoms with Crippen LogP contribution in [-0.2, 0) is 11.2 Å². The largest absolute Gasteiger partial charge is 0.493 e. The van der Waals surface area contributed by atoms with Crippen LogP contribution in [0.2, 0.25) is 5.02 Å². The summed E-state index contributed by atoms with van der Waals surface area (Å²) in [6, 6.07) is 19.9. The summed E-state index contributed by atoms with van der Waals surface area (Å²) in [6.45, 7) is 10.6. The first kappa shape index (κ1) is 27.8. The number of hydrogen-bond donors (Lipinski definition) is 0. The number of rotatable bonds is 11. The number of nitrogens with zero attached hydrogens (tertiary/aromatic N) is 2. The number of ether oxygens (including phenoxy) is 2. The minimum absolute atomic E-state index is 0.0407. The minimum atomic E-state index is -0.318. The zero-order valence-corrected chi connectivity index (χ0v) is 23.9. The van der Waals surface area contributed by atoms with Gasteiger partial charge in [-0.05, 0) is 91.4 Å². The van der Waals surface area contributed by atoms with Gasteiger partial charge in [0.1, 0.15) is 0 Å². The Bertz CT molecular complexity index is 1220. The molecule has 0 fully saturated rings. The number of hydrogen-bond acceptors (Lipinski definition) is 4. The molecule has 0 bridgehead atoms. The van der Waals surface area contributed by atoms with Gasteiger partial charge in [0.05, 0.1) is 25.7 Å². The van der Waals surface area contributed by atoms with E-state index < -0.39 is 0 Å². The average molecular weight is 535 g/mol. The summed E-state index contributed by atoms with van der Waals surface area (Å²) in [7, 11) is 1.64. The SMILES string of the molecule is CCCN(CCC)c1ccc(N2C(=O)Cc3cc(OC)c(O[C@H](C)CC)cc3C2c2ccc(Cl)cc2)cc1. The van der Waals surface area contributed by atoms with Crippen molar-refractivity contribution < 1.29 is 14.3 Å². The van der Waals surface area contributed by atoms with E-state index >= 15 is 0 Å². The molecule has 0 spiro atoms. The van der Waals surface area contributed by atoms with E-state index in [1.54, 1.807) is 7.11 Å². The van der Waals surface area contributed by atoms with Crippen molar-refractivity contribution in [2.24, 2.45) is 0 Å². The molecule has 0 aliphatic carbocycles. The third-order valence-corrected chi connectivity index (χ3v) is 7.41. The summed E-state index contributed by atoms with van der Waals surface area (Å²) in [5, 5.41) is 0.662. The highest BCUT2D eigenvalue weighted by atomic mass is 35.5. The van der Waals surface area contributed by atoms with Gasteiger partial charge in [-0.2, -0.15) is 0 Å². The molecule has 1 unspecified atom stereocenters. The van der Waals surface area contributed by atoms with E-state index in [1.807, 2.05) is 42.2 Å². The Morgan fingerprint density at radius 3 is 2.21 bits per heavy atom. The molecule has 4 rings (SSSR count). The quantitative estimate of drug-likeness (QED) is 0.251. The van der Waals surface area contributed by atoms with Crippen LogP contribution in [0.5, 0.6) is 11.5 Å². The summed E-state index contributed by atoms with van der Waals surface area (Å²) < 4.78 is 11.9. The zero-order valence-electron chi connectivity index (χ0n) is 23.2.